The third kappa shape index (κ3) is 2.66. The quantitative estimate of drug-likeness (QED) is 0.877. The second-order valence-electron chi connectivity index (χ2n) is 7.18. The summed E-state index contributed by atoms with van der Waals surface area (Å²) in [6.45, 7) is 4.21. The van der Waals surface area contributed by atoms with Gasteiger partial charge in [0.2, 0.25) is 5.95 Å². The summed E-state index contributed by atoms with van der Waals surface area (Å²) < 4.78 is 1.87. The van der Waals surface area contributed by atoms with Crippen LogP contribution in [0.1, 0.15) is 56.7 Å². The van der Waals surface area contributed by atoms with Crippen LogP contribution in [-0.2, 0) is 5.41 Å². The smallest absolute Gasteiger partial charge is 0.241 e. The molecular formula is C18H23ClN6. The Morgan fingerprint density at radius 2 is 2.20 bits per heavy atom. The van der Waals surface area contributed by atoms with Crippen molar-refractivity contribution in [1.29, 1.82) is 5.26 Å². The highest BCUT2D eigenvalue weighted by Gasteiger charge is 2.42. The summed E-state index contributed by atoms with van der Waals surface area (Å²) in [6.07, 6.45) is 8.21. The molecule has 1 saturated carbocycles. The zero-order valence-electron chi connectivity index (χ0n) is 14.5. The van der Waals surface area contributed by atoms with Gasteiger partial charge < -0.3 is 10.6 Å². The van der Waals surface area contributed by atoms with E-state index in [9.17, 15) is 5.26 Å². The fourth-order valence-electron chi connectivity index (χ4n) is 4.18. The Morgan fingerprint density at radius 3 is 2.80 bits per heavy atom. The largest absolute Gasteiger partial charge is 0.350 e. The SMILES string of the molecule is CCC1(c2c(C#N)c(Cl)c3cnc(NC4CCNCC4)nn23)CCC1. The molecule has 132 valence electrons. The average molecular weight is 359 g/mol. The van der Waals surface area contributed by atoms with E-state index in [4.69, 9.17) is 16.7 Å². The number of hydrogen-bond acceptors (Lipinski definition) is 5. The van der Waals surface area contributed by atoms with E-state index in [2.05, 4.69) is 28.6 Å². The average Bonchev–Trinajstić information content (AvgIpc) is 2.88. The molecule has 2 aliphatic rings. The molecule has 0 bridgehead atoms. The van der Waals surface area contributed by atoms with Crippen LogP contribution in [0.15, 0.2) is 6.20 Å². The molecule has 0 aromatic carbocycles. The van der Waals surface area contributed by atoms with Gasteiger partial charge in [0.05, 0.1) is 22.5 Å². The number of rotatable bonds is 4. The van der Waals surface area contributed by atoms with E-state index in [0.717, 1.165) is 56.4 Å². The fourth-order valence-corrected chi connectivity index (χ4v) is 4.44. The molecule has 1 aliphatic heterocycles. The summed E-state index contributed by atoms with van der Waals surface area (Å²) in [5, 5.41) is 21.7. The number of piperidine rings is 1. The van der Waals surface area contributed by atoms with Gasteiger partial charge in [0.25, 0.3) is 0 Å². The van der Waals surface area contributed by atoms with E-state index in [0.29, 0.717) is 22.6 Å². The van der Waals surface area contributed by atoms with Gasteiger partial charge in [0.15, 0.2) is 0 Å². The van der Waals surface area contributed by atoms with Crippen LogP contribution >= 0.6 is 11.6 Å². The van der Waals surface area contributed by atoms with E-state index in [1.54, 1.807) is 6.20 Å². The summed E-state index contributed by atoms with van der Waals surface area (Å²) in [5.74, 6) is 0.613. The maximum atomic E-state index is 9.69. The Bertz CT molecular complexity index is 821. The van der Waals surface area contributed by atoms with Crippen molar-refractivity contribution in [3.05, 3.63) is 22.5 Å². The summed E-state index contributed by atoms with van der Waals surface area (Å²) in [5.41, 5.74) is 2.28. The molecule has 0 atom stereocenters. The molecule has 4 rings (SSSR count). The zero-order valence-corrected chi connectivity index (χ0v) is 15.2. The molecular weight excluding hydrogens is 336 g/mol. The molecule has 2 aromatic heterocycles. The van der Waals surface area contributed by atoms with Crippen molar-refractivity contribution >= 4 is 23.1 Å². The van der Waals surface area contributed by atoms with E-state index in [1.807, 2.05) is 4.52 Å². The van der Waals surface area contributed by atoms with Crippen molar-refractivity contribution in [2.75, 3.05) is 18.4 Å². The Balaban J connectivity index is 1.79. The summed E-state index contributed by atoms with van der Waals surface area (Å²) >= 11 is 6.50. The standard InChI is InChI=1S/C18H23ClN6/c1-2-18(6-3-7-18)16-13(10-20)15(19)14-11-22-17(24-25(14)16)23-12-4-8-21-9-5-12/h11-12,21H,2-9H2,1H3,(H,23,24). The molecule has 25 heavy (non-hydrogen) atoms. The van der Waals surface area contributed by atoms with Gasteiger partial charge in [0, 0.05) is 11.5 Å². The summed E-state index contributed by atoms with van der Waals surface area (Å²) in [6, 6.07) is 2.70. The van der Waals surface area contributed by atoms with Crippen molar-refractivity contribution in [2.24, 2.45) is 0 Å². The first kappa shape index (κ1) is 16.6. The topological polar surface area (TPSA) is 78.0 Å². The first-order valence-corrected chi connectivity index (χ1v) is 9.51. The zero-order chi connectivity index (χ0) is 17.4. The Morgan fingerprint density at radius 1 is 1.44 bits per heavy atom. The minimum Gasteiger partial charge on any atom is -0.350 e. The van der Waals surface area contributed by atoms with Gasteiger partial charge in [-0.2, -0.15) is 5.26 Å². The van der Waals surface area contributed by atoms with Gasteiger partial charge in [0.1, 0.15) is 11.6 Å². The highest BCUT2D eigenvalue weighted by molar-refractivity contribution is 6.35. The van der Waals surface area contributed by atoms with Crippen molar-refractivity contribution in [3.63, 3.8) is 0 Å². The van der Waals surface area contributed by atoms with Crippen molar-refractivity contribution < 1.29 is 0 Å². The lowest BCUT2D eigenvalue weighted by molar-refractivity contribution is 0.224. The number of nitriles is 1. The van der Waals surface area contributed by atoms with Crippen molar-refractivity contribution in [2.45, 2.75) is 56.9 Å². The number of nitrogens with one attached hydrogen (secondary N) is 2. The minimum atomic E-state index is 0.0154. The molecule has 0 radical (unpaired) electrons. The first-order chi connectivity index (χ1) is 12.2. The van der Waals surface area contributed by atoms with Crippen LogP contribution in [0.4, 0.5) is 5.95 Å². The third-order valence-electron chi connectivity index (χ3n) is 5.90. The maximum Gasteiger partial charge on any atom is 0.241 e. The Kier molecular flexibility index (Phi) is 4.30. The Hall–Kier alpha value is -1.84. The molecule has 2 N–H and O–H groups in total. The van der Waals surface area contributed by atoms with Gasteiger partial charge >= 0.3 is 0 Å². The van der Waals surface area contributed by atoms with Crippen LogP contribution in [-0.4, -0.2) is 33.7 Å². The molecule has 6 nitrogen and oxygen atoms in total. The normalized spacial score (nSPS) is 20.2. The molecule has 0 spiro atoms. The summed E-state index contributed by atoms with van der Waals surface area (Å²) in [7, 11) is 0. The predicted octanol–water partition coefficient (Wildman–Crippen LogP) is 3.25. The fraction of sp³-hybridized carbons (Fsp3) is 0.611. The summed E-state index contributed by atoms with van der Waals surface area (Å²) in [4.78, 5) is 4.44. The number of hydrogen-bond donors (Lipinski definition) is 2. The van der Waals surface area contributed by atoms with E-state index in [-0.39, 0.29) is 5.41 Å². The van der Waals surface area contributed by atoms with Gasteiger partial charge in [-0.15, -0.1) is 5.10 Å². The van der Waals surface area contributed by atoms with Crippen LogP contribution in [0.25, 0.3) is 5.52 Å². The maximum absolute atomic E-state index is 9.69. The molecule has 1 aliphatic carbocycles. The van der Waals surface area contributed by atoms with Gasteiger partial charge in [-0.3, -0.25) is 0 Å². The lowest BCUT2D eigenvalue weighted by Crippen LogP contribution is -2.37. The van der Waals surface area contributed by atoms with Crippen LogP contribution in [0, 0.1) is 11.3 Å². The van der Waals surface area contributed by atoms with Crippen molar-refractivity contribution in [3.8, 4) is 6.07 Å². The van der Waals surface area contributed by atoms with Crippen molar-refractivity contribution in [1.82, 2.24) is 19.9 Å². The molecule has 7 heteroatoms. The highest BCUT2D eigenvalue weighted by Crippen LogP contribution is 2.49. The number of anilines is 1. The van der Waals surface area contributed by atoms with E-state index < -0.39 is 0 Å². The number of halogens is 1. The molecule has 1 saturated heterocycles. The highest BCUT2D eigenvalue weighted by atomic mass is 35.5. The monoisotopic (exact) mass is 358 g/mol. The number of fused-ring (bicyclic) bond motifs is 1. The van der Waals surface area contributed by atoms with Gasteiger partial charge in [-0.25, -0.2) is 9.50 Å². The molecule has 2 fully saturated rings. The molecule has 2 aromatic rings. The third-order valence-corrected chi connectivity index (χ3v) is 6.28. The van der Waals surface area contributed by atoms with E-state index >= 15 is 0 Å². The molecule has 0 unspecified atom stereocenters. The first-order valence-electron chi connectivity index (χ1n) is 9.13. The predicted molar refractivity (Wildman–Crippen MR) is 98.0 cm³/mol. The minimum absolute atomic E-state index is 0.0154. The van der Waals surface area contributed by atoms with Gasteiger partial charge in [-0.1, -0.05) is 24.9 Å². The molecule has 3 heterocycles. The Labute approximate surface area is 152 Å². The lowest BCUT2D eigenvalue weighted by atomic mass is 9.64. The van der Waals surface area contributed by atoms with Crippen LogP contribution < -0.4 is 10.6 Å². The van der Waals surface area contributed by atoms with Gasteiger partial charge in [-0.05, 0) is 45.2 Å². The molecule has 0 amide bonds. The van der Waals surface area contributed by atoms with Crippen LogP contribution in [0.5, 0.6) is 0 Å². The van der Waals surface area contributed by atoms with E-state index in [1.165, 1.54) is 6.42 Å². The van der Waals surface area contributed by atoms with Crippen LogP contribution in [0.3, 0.4) is 0 Å². The second-order valence-corrected chi connectivity index (χ2v) is 7.56. The second kappa shape index (κ2) is 6.47. The number of nitrogens with zero attached hydrogens (tertiary/aromatic N) is 4. The number of aromatic nitrogens is 3. The van der Waals surface area contributed by atoms with Crippen LogP contribution in [0.2, 0.25) is 5.02 Å². The lowest BCUT2D eigenvalue weighted by Gasteiger charge is -2.41.